The molecule has 1 aromatic carbocycles. The van der Waals surface area contributed by atoms with Crippen LogP contribution in [0.5, 0.6) is 0 Å². The van der Waals surface area contributed by atoms with Crippen LogP contribution < -0.4 is 10.6 Å². The third-order valence-corrected chi connectivity index (χ3v) is 5.65. The maximum Gasteiger partial charge on any atom is 0.272 e. The Hall–Kier alpha value is -3.86. The number of nitrogens with one attached hydrogen (secondary N) is 2. The van der Waals surface area contributed by atoms with Gasteiger partial charge in [-0.1, -0.05) is 24.8 Å². The Labute approximate surface area is 211 Å². The van der Waals surface area contributed by atoms with Crippen LogP contribution in [0.25, 0.3) is 17.1 Å². The molecule has 2 aromatic heterocycles. The van der Waals surface area contributed by atoms with Crippen molar-refractivity contribution in [2.45, 2.75) is 13.8 Å². The average Bonchev–Trinajstić information content (AvgIpc) is 3.25. The standard InChI is InChI=1S/C27H29ClN6O/c1-7-30-19(4)22-12-20(14-29)11-17(2)25(22)32-27(35)24-13-21(18(3)15-33(5)6)16-34(24)26-23(28)9-8-10-31-26/h8-13,16,30H,3-4,7,15H2,1-2,5-6H3,(H,32,35). The van der Waals surface area contributed by atoms with Gasteiger partial charge < -0.3 is 15.5 Å². The lowest BCUT2D eigenvalue weighted by molar-refractivity contribution is 0.102. The zero-order valence-corrected chi connectivity index (χ0v) is 21.2. The minimum absolute atomic E-state index is 0.351. The smallest absolute Gasteiger partial charge is 0.272 e. The van der Waals surface area contributed by atoms with E-state index >= 15 is 0 Å². The zero-order valence-electron chi connectivity index (χ0n) is 20.4. The Morgan fingerprint density at radius 2 is 2.03 bits per heavy atom. The topological polar surface area (TPSA) is 86.0 Å². The summed E-state index contributed by atoms with van der Waals surface area (Å²) < 4.78 is 1.67. The number of aryl methyl sites for hydroxylation is 1. The largest absolute Gasteiger partial charge is 0.385 e. The molecule has 0 aliphatic carbocycles. The number of nitriles is 1. The minimum atomic E-state index is -0.353. The Morgan fingerprint density at radius 3 is 2.66 bits per heavy atom. The molecular formula is C27H29ClN6O. The molecule has 180 valence electrons. The maximum absolute atomic E-state index is 13.7. The fourth-order valence-electron chi connectivity index (χ4n) is 3.78. The first kappa shape index (κ1) is 25.8. The van der Waals surface area contributed by atoms with Gasteiger partial charge in [-0.3, -0.25) is 9.36 Å². The average molecular weight is 489 g/mol. The van der Waals surface area contributed by atoms with Crippen molar-refractivity contribution in [1.29, 1.82) is 5.26 Å². The van der Waals surface area contributed by atoms with Crippen molar-refractivity contribution in [2.24, 2.45) is 0 Å². The predicted octanol–water partition coefficient (Wildman–Crippen LogP) is 5.11. The molecule has 0 atom stereocenters. The Bertz CT molecular complexity index is 1330. The number of carbonyl (C=O) groups excluding carboxylic acids is 1. The summed E-state index contributed by atoms with van der Waals surface area (Å²) in [5.74, 6) is 0.0889. The molecule has 0 unspecified atom stereocenters. The molecule has 2 heterocycles. The van der Waals surface area contributed by atoms with Crippen molar-refractivity contribution in [1.82, 2.24) is 19.8 Å². The third kappa shape index (κ3) is 5.80. The quantitative estimate of drug-likeness (QED) is 0.437. The molecule has 0 spiro atoms. The molecular weight excluding hydrogens is 460 g/mol. The van der Waals surface area contributed by atoms with Crippen LogP contribution in [0.15, 0.2) is 55.9 Å². The van der Waals surface area contributed by atoms with Crippen molar-refractivity contribution in [3.8, 4) is 11.9 Å². The van der Waals surface area contributed by atoms with Crippen molar-refractivity contribution >= 4 is 34.5 Å². The summed E-state index contributed by atoms with van der Waals surface area (Å²) in [4.78, 5) is 20.1. The molecule has 35 heavy (non-hydrogen) atoms. The molecule has 0 saturated heterocycles. The number of nitrogens with zero attached hydrogens (tertiary/aromatic N) is 4. The molecule has 3 rings (SSSR count). The molecule has 0 aliphatic rings. The Kier molecular flexibility index (Phi) is 8.13. The SMILES string of the molecule is C=C(CN(C)C)c1cc(C(=O)Nc2c(C)cc(C#N)cc2C(=C)NCC)n(-c2ncccc2Cl)c1. The third-order valence-electron chi connectivity index (χ3n) is 5.35. The van der Waals surface area contributed by atoms with Gasteiger partial charge in [-0.25, -0.2) is 4.98 Å². The van der Waals surface area contributed by atoms with Gasteiger partial charge in [0.05, 0.1) is 22.3 Å². The molecule has 1 amide bonds. The van der Waals surface area contributed by atoms with E-state index in [1.807, 2.05) is 39.0 Å². The second kappa shape index (κ2) is 11.0. The van der Waals surface area contributed by atoms with Gasteiger partial charge in [-0.15, -0.1) is 0 Å². The van der Waals surface area contributed by atoms with E-state index in [1.165, 1.54) is 0 Å². The molecule has 0 saturated carbocycles. The monoisotopic (exact) mass is 488 g/mol. The molecule has 3 aromatic rings. The number of likely N-dealkylation sites (N-methyl/N-ethyl adjacent to an activating group) is 1. The lowest BCUT2D eigenvalue weighted by atomic mass is 10.0. The van der Waals surface area contributed by atoms with Crippen LogP contribution >= 0.6 is 11.6 Å². The lowest BCUT2D eigenvalue weighted by Gasteiger charge is -2.18. The molecule has 0 fully saturated rings. The maximum atomic E-state index is 13.7. The highest BCUT2D eigenvalue weighted by molar-refractivity contribution is 6.32. The van der Waals surface area contributed by atoms with Crippen LogP contribution in [0.1, 0.15) is 39.7 Å². The highest BCUT2D eigenvalue weighted by Gasteiger charge is 2.21. The van der Waals surface area contributed by atoms with Gasteiger partial charge in [0.25, 0.3) is 5.91 Å². The molecule has 0 radical (unpaired) electrons. The summed E-state index contributed by atoms with van der Waals surface area (Å²) in [6, 6.07) is 10.9. The van der Waals surface area contributed by atoms with E-state index in [2.05, 4.69) is 34.8 Å². The summed E-state index contributed by atoms with van der Waals surface area (Å²) >= 11 is 6.43. The number of amides is 1. The fraction of sp³-hybridized carbons (Fsp3) is 0.222. The van der Waals surface area contributed by atoms with Gasteiger partial charge in [0.15, 0.2) is 5.82 Å². The number of halogens is 1. The van der Waals surface area contributed by atoms with E-state index in [1.54, 1.807) is 41.1 Å². The normalized spacial score (nSPS) is 10.7. The van der Waals surface area contributed by atoms with Crippen LogP contribution in [0.3, 0.4) is 0 Å². The van der Waals surface area contributed by atoms with Crippen LogP contribution in [0.2, 0.25) is 5.02 Å². The highest BCUT2D eigenvalue weighted by Crippen LogP contribution is 2.29. The van der Waals surface area contributed by atoms with E-state index in [4.69, 9.17) is 11.6 Å². The number of hydrogen-bond acceptors (Lipinski definition) is 5. The number of rotatable bonds is 9. The minimum Gasteiger partial charge on any atom is -0.385 e. The molecule has 7 nitrogen and oxygen atoms in total. The van der Waals surface area contributed by atoms with Gasteiger partial charge in [-0.2, -0.15) is 5.26 Å². The number of benzene rings is 1. The van der Waals surface area contributed by atoms with Gasteiger partial charge in [0.1, 0.15) is 5.69 Å². The highest BCUT2D eigenvalue weighted by atomic mass is 35.5. The first-order valence-corrected chi connectivity index (χ1v) is 11.5. The van der Waals surface area contributed by atoms with E-state index in [9.17, 15) is 10.1 Å². The molecule has 0 aliphatic heterocycles. The summed E-state index contributed by atoms with van der Waals surface area (Å²) in [5, 5.41) is 16.0. The zero-order chi connectivity index (χ0) is 25.7. The molecule has 0 bridgehead atoms. The van der Waals surface area contributed by atoms with E-state index in [0.29, 0.717) is 52.1 Å². The van der Waals surface area contributed by atoms with Gasteiger partial charge >= 0.3 is 0 Å². The van der Waals surface area contributed by atoms with Crippen molar-refractivity contribution in [2.75, 3.05) is 32.5 Å². The van der Waals surface area contributed by atoms with Crippen molar-refractivity contribution < 1.29 is 4.79 Å². The number of carbonyl (C=O) groups is 1. The number of hydrogen-bond donors (Lipinski definition) is 2. The second-order valence-corrected chi connectivity index (χ2v) is 8.83. The van der Waals surface area contributed by atoms with Crippen molar-refractivity contribution in [3.05, 3.63) is 88.9 Å². The number of anilines is 1. The van der Waals surface area contributed by atoms with E-state index in [-0.39, 0.29) is 5.91 Å². The molecule has 2 N–H and O–H groups in total. The van der Waals surface area contributed by atoms with Crippen LogP contribution in [0, 0.1) is 18.3 Å². The van der Waals surface area contributed by atoms with Crippen LogP contribution in [0.4, 0.5) is 5.69 Å². The summed E-state index contributed by atoms with van der Waals surface area (Å²) in [6.45, 7) is 13.3. The number of pyridine rings is 1. The van der Waals surface area contributed by atoms with Crippen LogP contribution in [-0.4, -0.2) is 47.5 Å². The lowest BCUT2D eigenvalue weighted by Crippen LogP contribution is -2.20. The van der Waals surface area contributed by atoms with Gasteiger partial charge in [0, 0.05) is 36.7 Å². The fourth-order valence-corrected chi connectivity index (χ4v) is 3.99. The van der Waals surface area contributed by atoms with Crippen LogP contribution in [-0.2, 0) is 0 Å². The van der Waals surface area contributed by atoms with Crippen molar-refractivity contribution in [3.63, 3.8) is 0 Å². The van der Waals surface area contributed by atoms with E-state index < -0.39 is 0 Å². The predicted molar refractivity (Wildman–Crippen MR) is 143 cm³/mol. The summed E-state index contributed by atoms with van der Waals surface area (Å²) in [5.41, 5.74) is 5.09. The Morgan fingerprint density at radius 1 is 1.29 bits per heavy atom. The summed E-state index contributed by atoms with van der Waals surface area (Å²) in [6.07, 6.45) is 3.44. The molecule has 8 heteroatoms. The summed E-state index contributed by atoms with van der Waals surface area (Å²) in [7, 11) is 3.91. The number of aromatic nitrogens is 2. The first-order valence-electron chi connectivity index (χ1n) is 11.1. The first-order chi connectivity index (χ1) is 16.7. The Balaban J connectivity index is 2.10. The van der Waals surface area contributed by atoms with E-state index in [0.717, 1.165) is 16.7 Å². The van der Waals surface area contributed by atoms with Gasteiger partial charge in [-0.05, 0) is 75.0 Å². The van der Waals surface area contributed by atoms with Gasteiger partial charge in [0.2, 0.25) is 0 Å². The second-order valence-electron chi connectivity index (χ2n) is 8.42.